The van der Waals surface area contributed by atoms with Crippen LogP contribution in [0.5, 0.6) is 0 Å². The van der Waals surface area contributed by atoms with E-state index in [1.54, 1.807) is 0 Å². The zero-order chi connectivity index (χ0) is 26.0. The third-order valence-corrected chi connectivity index (χ3v) is 5.86. The average Bonchev–Trinajstić information content (AvgIpc) is 3.08. The molecular weight excluding hydrogens is 465 g/mol. The number of carbonyl (C=O) groups excluding carboxylic acids is 2. The largest absolute Gasteiger partial charge is 0.480 e. The summed E-state index contributed by atoms with van der Waals surface area (Å²) in [5.74, 6) is -5.79. The zero-order valence-electron chi connectivity index (χ0n) is 19.6. The van der Waals surface area contributed by atoms with E-state index < -0.39 is 48.7 Å². The zero-order valence-corrected chi connectivity index (χ0v) is 19.6. The summed E-state index contributed by atoms with van der Waals surface area (Å²) >= 11 is 0. The van der Waals surface area contributed by atoms with E-state index in [9.17, 15) is 27.6 Å². The first-order valence-electron chi connectivity index (χ1n) is 11.0. The molecule has 0 heterocycles. The van der Waals surface area contributed by atoms with Crippen LogP contribution in [0, 0.1) is 5.92 Å². The van der Waals surface area contributed by atoms with E-state index in [0.717, 1.165) is 22.3 Å². The number of alkyl halides is 3. The van der Waals surface area contributed by atoms with Crippen molar-refractivity contribution in [1.82, 2.24) is 10.2 Å². The van der Waals surface area contributed by atoms with Crippen molar-refractivity contribution >= 4 is 18.0 Å². The molecule has 1 aliphatic rings. The molecule has 7 nitrogen and oxygen atoms in total. The number of carboxylic acid groups (broad SMARTS) is 1. The Hall–Kier alpha value is -3.56. The van der Waals surface area contributed by atoms with Crippen LogP contribution in [0.2, 0.25) is 0 Å². The Bertz CT molecular complexity index is 1070. The number of rotatable bonds is 7. The molecule has 3 rings (SSSR count). The molecule has 1 atom stereocenters. The normalized spacial score (nSPS) is 14.0. The number of ether oxygens (including phenoxy) is 1. The van der Waals surface area contributed by atoms with Crippen LogP contribution in [0.1, 0.15) is 37.8 Å². The molecule has 0 fully saturated rings. The Morgan fingerprint density at radius 1 is 1.00 bits per heavy atom. The van der Waals surface area contributed by atoms with Gasteiger partial charge in [-0.25, -0.2) is 4.79 Å². The van der Waals surface area contributed by atoms with Gasteiger partial charge in [0.2, 0.25) is 5.91 Å². The summed E-state index contributed by atoms with van der Waals surface area (Å²) in [6.45, 7) is 2.21. The predicted octanol–water partition coefficient (Wildman–Crippen LogP) is 4.42. The predicted molar refractivity (Wildman–Crippen MR) is 122 cm³/mol. The van der Waals surface area contributed by atoms with Crippen molar-refractivity contribution in [3.63, 3.8) is 0 Å². The van der Waals surface area contributed by atoms with Crippen LogP contribution in [0.3, 0.4) is 0 Å². The average molecular weight is 492 g/mol. The van der Waals surface area contributed by atoms with Crippen molar-refractivity contribution in [1.29, 1.82) is 0 Å². The van der Waals surface area contributed by atoms with E-state index >= 15 is 0 Å². The Kier molecular flexibility index (Phi) is 7.42. The summed E-state index contributed by atoms with van der Waals surface area (Å²) in [4.78, 5) is 36.7. The van der Waals surface area contributed by atoms with Crippen LogP contribution in [0.15, 0.2) is 48.5 Å². The van der Waals surface area contributed by atoms with Gasteiger partial charge < -0.3 is 20.1 Å². The standard InChI is InChI=1S/C25H27F3N2O5/c1-24(2,3)30(13-21(31)32)22(33)20(25(26,27)28)12-29-23(34)35-14-19-17-10-6-4-8-15(17)16-9-5-7-11-18(16)19/h4-11,19-20H,12-14H2,1-3H3,(H,29,34)(H,31,32). The lowest BCUT2D eigenvalue weighted by atomic mass is 9.98. The summed E-state index contributed by atoms with van der Waals surface area (Å²) in [5.41, 5.74) is 2.71. The third kappa shape index (κ3) is 5.93. The second-order valence-corrected chi connectivity index (χ2v) is 9.29. The van der Waals surface area contributed by atoms with Crippen molar-refractivity contribution < 1.29 is 37.4 Å². The Labute approximate surface area is 200 Å². The minimum Gasteiger partial charge on any atom is -0.480 e. The van der Waals surface area contributed by atoms with Gasteiger partial charge in [0.25, 0.3) is 0 Å². The number of amides is 2. The van der Waals surface area contributed by atoms with Gasteiger partial charge in [-0.15, -0.1) is 0 Å². The fourth-order valence-corrected chi connectivity index (χ4v) is 4.15. The van der Waals surface area contributed by atoms with E-state index in [1.165, 1.54) is 20.8 Å². The summed E-state index contributed by atoms with van der Waals surface area (Å²) < 4.78 is 46.3. The molecule has 0 aromatic heterocycles. The van der Waals surface area contributed by atoms with Gasteiger partial charge >= 0.3 is 18.2 Å². The molecular formula is C25H27F3N2O5. The van der Waals surface area contributed by atoms with Gasteiger partial charge in [0.1, 0.15) is 13.2 Å². The first-order valence-corrected chi connectivity index (χ1v) is 11.0. The van der Waals surface area contributed by atoms with Gasteiger partial charge in [0, 0.05) is 18.0 Å². The lowest BCUT2D eigenvalue weighted by Gasteiger charge is -2.37. The summed E-state index contributed by atoms with van der Waals surface area (Å²) in [5, 5.41) is 11.1. The van der Waals surface area contributed by atoms with Gasteiger partial charge in [0.15, 0.2) is 5.92 Å². The number of carbonyl (C=O) groups is 3. The van der Waals surface area contributed by atoms with E-state index in [-0.39, 0.29) is 12.5 Å². The first kappa shape index (κ1) is 26.1. The second kappa shape index (κ2) is 9.97. The monoisotopic (exact) mass is 492 g/mol. The molecule has 2 amide bonds. The smallest absolute Gasteiger partial charge is 0.407 e. The number of alkyl carbamates (subject to hydrolysis) is 1. The van der Waals surface area contributed by atoms with Crippen molar-refractivity contribution in [2.75, 3.05) is 19.7 Å². The molecule has 2 aromatic rings. The summed E-state index contributed by atoms with van der Waals surface area (Å²) in [6.07, 6.45) is -6.11. The summed E-state index contributed by atoms with van der Waals surface area (Å²) in [7, 11) is 0. The molecule has 0 aliphatic heterocycles. The Morgan fingerprint density at radius 2 is 1.51 bits per heavy atom. The van der Waals surface area contributed by atoms with Crippen LogP contribution < -0.4 is 5.32 Å². The number of fused-ring (bicyclic) bond motifs is 3. The molecule has 0 bridgehead atoms. The third-order valence-electron chi connectivity index (χ3n) is 5.86. The van der Waals surface area contributed by atoms with E-state index in [1.807, 2.05) is 53.8 Å². The maximum atomic E-state index is 13.7. The first-order chi connectivity index (χ1) is 16.3. The van der Waals surface area contributed by atoms with Crippen LogP contribution in [0.4, 0.5) is 18.0 Å². The van der Waals surface area contributed by atoms with Crippen molar-refractivity contribution in [2.24, 2.45) is 5.92 Å². The van der Waals surface area contributed by atoms with Crippen molar-refractivity contribution in [3.05, 3.63) is 59.7 Å². The SMILES string of the molecule is CC(C)(C)N(CC(=O)O)C(=O)C(CNC(=O)OCC1c2ccccc2-c2ccccc21)C(F)(F)F. The van der Waals surface area contributed by atoms with Crippen LogP contribution in [-0.4, -0.2) is 59.4 Å². The molecule has 10 heteroatoms. The number of aliphatic carboxylic acids is 1. The number of hydrogen-bond acceptors (Lipinski definition) is 4. The molecule has 2 N–H and O–H groups in total. The Balaban J connectivity index is 1.68. The molecule has 1 unspecified atom stereocenters. The van der Waals surface area contributed by atoms with Crippen molar-refractivity contribution in [2.45, 2.75) is 38.4 Å². The van der Waals surface area contributed by atoms with Gasteiger partial charge in [-0.2, -0.15) is 13.2 Å². The topological polar surface area (TPSA) is 95.9 Å². The highest BCUT2D eigenvalue weighted by Crippen LogP contribution is 2.44. The molecule has 188 valence electrons. The Morgan fingerprint density at radius 3 is 1.97 bits per heavy atom. The van der Waals surface area contributed by atoms with Gasteiger partial charge in [-0.3, -0.25) is 9.59 Å². The minimum atomic E-state index is -5.00. The maximum Gasteiger partial charge on any atom is 0.407 e. The lowest BCUT2D eigenvalue weighted by molar-refractivity contribution is -0.191. The molecule has 0 saturated heterocycles. The molecule has 35 heavy (non-hydrogen) atoms. The van der Waals surface area contributed by atoms with E-state index in [2.05, 4.69) is 0 Å². The summed E-state index contributed by atoms with van der Waals surface area (Å²) in [6, 6.07) is 15.2. The molecule has 0 radical (unpaired) electrons. The number of carboxylic acids is 1. The number of nitrogens with zero attached hydrogens (tertiary/aromatic N) is 1. The maximum absolute atomic E-state index is 13.7. The number of halogens is 3. The van der Waals surface area contributed by atoms with Crippen LogP contribution in [-0.2, 0) is 14.3 Å². The van der Waals surface area contributed by atoms with Crippen molar-refractivity contribution in [3.8, 4) is 11.1 Å². The molecule has 0 saturated carbocycles. The van der Waals surface area contributed by atoms with E-state index in [0.29, 0.717) is 4.90 Å². The fraction of sp³-hybridized carbons (Fsp3) is 0.400. The fourth-order valence-electron chi connectivity index (χ4n) is 4.15. The molecule has 0 spiro atoms. The molecule has 2 aromatic carbocycles. The highest BCUT2D eigenvalue weighted by atomic mass is 19.4. The highest BCUT2D eigenvalue weighted by Gasteiger charge is 2.48. The van der Waals surface area contributed by atoms with Crippen LogP contribution >= 0.6 is 0 Å². The number of nitrogens with one attached hydrogen (secondary N) is 1. The minimum absolute atomic E-state index is 0.0996. The number of hydrogen-bond donors (Lipinski definition) is 2. The quantitative estimate of drug-likeness (QED) is 0.597. The van der Waals surface area contributed by atoms with E-state index in [4.69, 9.17) is 9.84 Å². The van der Waals surface area contributed by atoms with Crippen LogP contribution in [0.25, 0.3) is 11.1 Å². The van der Waals surface area contributed by atoms with Gasteiger partial charge in [-0.1, -0.05) is 48.5 Å². The lowest BCUT2D eigenvalue weighted by Crippen LogP contribution is -2.55. The van der Waals surface area contributed by atoms with Gasteiger partial charge in [-0.05, 0) is 43.0 Å². The number of benzene rings is 2. The molecule has 1 aliphatic carbocycles. The highest BCUT2D eigenvalue weighted by molar-refractivity contribution is 5.85. The van der Waals surface area contributed by atoms with Gasteiger partial charge in [0.05, 0.1) is 0 Å². The second-order valence-electron chi connectivity index (χ2n) is 9.29.